The highest BCUT2D eigenvalue weighted by molar-refractivity contribution is 6.09. The van der Waals surface area contributed by atoms with Crippen molar-refractivity contribution in [2.24, 2.45) is 5.92 Å². The maximum absolute atomic E-state index is 11.8. The standard InChI is InChI=1S/C13H14O2/c1-8(2)9-3-4-10-5-11(7-14)13(15)12(10)6-9/h3-4,6-8,11H,5H2,1-2H3. The number of carbonyl (C=O) groups is 2. The van der Waals surface area contributed by atoms with Crippen molar-refractivity contribution < 1.29 is 9.59 Å². The Bertz CT molecular complexity index is 419. The van der Waals surface area contributed by atoms with Crippen LogP contribution in [0.15, 0.2) is 18.2 Å². The van der Waals surface area contributed by atoms with Gasteiger partial charge in [0, 0.05) is 5.56 Å². The molecule has 1 aromatic carbocycles. The SMILES string of the molecule is CC(C)c1ccc2c(c1)C(=O)C(C=O)C2. The van der Waals surface area contributed by atoms with Gasteiger partial charge in [-0.2, -0.15) is 0 Å². The monoisotopic (exact) mass is 202 g/mol. The predicted octanol–water partition coefficient (Wildman–Crippen LogP) is 2.36. The minimum atomic E-state index is -0.442. The van der Waals surface area contributed by atoms with E-state index in [1.54, 1.807) is 0 Å². The summed E-state index contributed by atoms with van der Waals surface area (Å²) in [5.74, 6) is -0.0386. The topological polar surface area (TPSA) is 34.1 Å². The number of hydrogen-bond acceptors (Lipinski definition) is 2. The molecule has 1 aromatic rings. The Morgan fingerprint density at radius 2 is 2.13 bits per heavy atom. The number of carbonyl (C=O) groups excluding carboxylic acids is 2. The Balaban J connectivity index is 2.44. The Morgan fingerprint density at radius 3 is 2.73 bits per heavy atom. The van der Waals surface area contributed by atoms with Crippen molar-refractivity contribution in [3.8, 4) is 0 Å². The summed E-state index contributed by atoms with van der Waals surface area (Å²) in [6, 6.07) is 5.96. The van der Waals surface area contributed by atoms with E-state index in [1.807, 2.05) is 18.2 Å². The largest absolute Gasteiger partial charge is 0.303 e. The molecule has 0 saturated carbocycles. The van der Waals surface area contributed by atoms with E-state index in [4.69, 9.17) is 0 Å². The number of rotatable bonds is 2. The van der Waals surface area contributed by atoms with Gasteiger partial charge in [-0.25, -0.2) is 0 Å². The molecular formula is C13H14O2. The molecule has 15 heavy (non-hydrogen) atoms. The molecule has 0 bridgehead atoms. The highest BCUT2D eigenvalue weighted by Gasteiger charge is 2.30. The first-order valence-electron chi connectivity index (χ1n) is 5.26. The van der Waals surface area contributed by atoms with Gasteiger partial charge in [0.1, 0.15) is 6.29 Å². The lowest BCUT2D eigenvalue weighted by atomic mass is 9.98. The lowest BCUT2D eigenvalue weighted by molar-refractivity contribution is -0.109. The van der Waals surface area contributed by atoms with Gasteiger partial charge in [0.2, 0.25) is 0 Å². The van der Waals surface area contributed by atoms with Crippen molar-refractivity contribution in [1.82, 2.24) is 0 Å². The second kappa shape index (κ2) is 3.61. The molecule has 2 heteroatoms. The van der Waals surface area contributed by atoms with Crippen LogP contribution in [0.2, 0.25) is 0 Å². The fourth-order valence-corrected chi connectivity index (χ4v) is 2.00. The van der Waals surface area contributed by atoms with E-state index in [1.165, 1.54) is 0 Å². The van der Waals surface area contributed by atoms with Gasteiger partial charge in [0.25, 0.3) is 0 Å². The van der Waals surface area contributed by atoms with Crippen LogP contribution in [0.4, 0.5) is 0 Å². The zero-order valence-electron chi connectivity index (χ0n) is 8.99. The molecule has 0 amide bonds. The Hall–Kier alpha value is -1.44. The average Bonchev–Trinajstić information content (AvgIpc) is 2.55. The normalized spacial score (nSPS) is 19.4. The summed E-state index contributed by atoms with van der Waals surface area (Å²) in [6.07, 6.45) is 1.34. The second-order valence-corrected chi connectivity index (χ2v) is 4.38. The van der Waals surface area contributed by atoms with Crippen LogP contribution in [0.3, 0.4) is 0 Å². The van der Waals surface area contributed by atoms with Gasteiger partial charge in [-0.15, -0.1) is 0 Å². The van der Waals surface area contributed by atoms with Gasteiger partial charge in [0.15, 0.2) is 5.78 Å². The average molecular weight is 202 g/mol. The molecular weight excluding hydrogens is 188 g/mol. The van der Waals surface area contributed by atoms with Crippen molar-refractivity contribution in [2.45, 2.75) is 26.2 Å². The summed E-state index contributed by atoms with van der Waals surface area (Å²) in [5, 5.41) is 0. The van der Waals surface area contributed by atoms with Crippen molar-refractivity contribution in [2.75, 3.05) is 0 Å². The van der Waals surface area contributed by atoms with Gasteiger partial charge < -0.3 is 4.79 Å². The third-order valence-electron chi connectivity index (χ3n) is 3.01. The molecule has 0 aromatic heterocycles. The number of benzene rings is 1. The summed E-state index contributed by atoms with van der Waals surface area (Å²) < 4.78 is 0. The van der Waals surface area contributed by atoms with E-state index in [9.17, 15) is 9.59 Å². The molecule has 0 heterocycles. The van der Waals surface area contributed by atoms with Gasteiger partial charge in [0.05, 0.1) is 5.92 Å². The summed E-state index contributed by atoms with van der Waals surface area (Å²) in [4.78, 5) is 22.5. The van der Waals surface area contributed by atoms with Crippen LogP contribution in [-0.4, -0.2) is 12.1 Å². The van der Waals surface area contributed by atoms with E-state index in [2.05, 4.69) is 13.8 Å². The number of ketones is 1. The van der Waals surface area contributed by atoms with Gasteiger partial charge in [-0.05, 0) is 29.5 Å². The highest BCUT2D eigenvalue weighted by atomic mass is 16.1. The van der Waals surface area contributed by atoms with E-state index < -0.39 is 5.92 Å². The molecule has 1 aliphatic rings. The Kier molecular flexibility index (Phi) is 2.43. The molecule has 0 spiro atoms. The van der Waals surface area contributed by atoms with Crippen LogP contribution in [-0.2, 0) is 11.2 Å². The van der Waals surface area contributed by atoms with Crippen molar-refractivity contribution in [1.29, 1.82) is 0 Å². The number of hydrogen-bond donors (Lipinski definition) is 0. The molecule has 0 fully saturated rings. The minimum Gasteiger partial charge on any atom is -0.303 e. The quantitative estimate of drug-likeness (QED) is 0.545. The van der Waals surface area contributed by atoms with Crippen LogP contribution < -0.4 is 0 Å². The summed E-state index contributed by atoms with van der Waals surface area (Å²) >= 11 is 0. The molecule has 2 nitrogen and oxygen atoms in total. The molecule has 78 valence electrons. The van der Waals surface area contributed by atoms with Crippen LogP contribution in [0.25, 0.3) is 0 Å². The number of Topliss-reactive ketones (excluding diaryl/α,β-unsaturated/α-hetero) is 1. The summed E-state index contributed by atoms with van der Waals surface area (Å²) in [7, 11) is 0. The van der Waals surface area contributed by atoms with Crippen molar-refractivity contribution >= 4 is 12.1 Å². The third kappa shape index (κ3) is 1.60. The van der Waals surface area contributed by atoms with E-state index in [0.717, 1.165) is 23.0 Å². The maximum atomic E-state index is 11.8. The van der Waals surface area contributed by atoms with Gasteiger partial charge >= 0.3 is 0 Å². The van der Waals surface area contributed by atoms with Crippen molar-refractivity contribution in [3.05, 3.63) is 34.9 Å². The minimum absolute atomic E-state index is 0.0116. The fourth-order valence-electron chi connectivity index (χ4n) is 2.00. The third-order valence-corrected chi connectivity index (χ3v) is 3.01. The second-order valence-electron chi connectivity index (χ2n) is 4.38. The molecule has 1 aliphatic carbocycles. The van der Waals surface area contributed by atoms with Gasteiger partial charge in [-0.1, -0.05) is 26.0 Å². The lowest BCUT2D eigenvalue weighted by Crippen LogP contribution is -2.09. The Morgan fingerprint density at radius 1 is 1.40 bits per heavy atom. The first-order chi connectivity index (χ1) is 7.13. The summed E-state index contributed by atoms with van der Waals surface area (Å²) in [6.45, 7) is 4.19. The van der Waals surface area contributed by atoms with Crippen LogP contribution in [0.1, 0.15) is 41.3 Å². The maximum Gasteiger partial charge on any atom is 0.173 e. The van der Waals surface area contributed by atoms with E-state index in [-0.39, 0.29) is 5.78 Å². The van der Waals surface area contributed by atoms with E-state index in [0.29, 0.717) is 12.3 Å². The molecule has 0 saturated heterocycles. The number of aldehydes is 1. The molecule has 0 aliphatic heterocycles. The van der Waals surface area contributed by atoms with E-state index >= 15 is 0 Å². The Labute approximate surface area is 89.3 Å². The summed E-state index contributed by atoms with van der Waals surface area (Å²) in [5.41, 5.74) is 2.92. The van der Waals surface area contributed by atoms with Crippen LogP contribution in [0, 0.1) is 5.92 Å². The molecule has 2 rings (SSSR count). The zero-order chi connectivity index (χ0) is 11.0. The van der Waals surface area contributed by atoms with Crippen LogP contribution in [0.5, 0.6) is 0 Å². The lowest BCUT2D eigenvalue weighted by Gasteiger charge is -2.06. The molecule has 1 unspecified atom stereocenters. The fraction of sp³-hybridized carbons (Fsp3) is 0.385. The first kappa shape index (κ1) is 10.1. The predicted molar refractivity (Wildman–Crippen MR) is 58.1 cm³/mol. The molecule has 0 N–H and O–H groups in total. The smallest absolute Gasteiger partial charge is 0.173 e. The highest BCUT2D eigenvalue weighted by Crippen LogP contribution is 2.28. The first-order valence-corrected chi connectivity index (χ1v) is 5.26. The van der Waals surface area contributed by atoms with Crippen LogP contribution >= 0.6 is 0 Å². The van der Waals surface area contributed by atoms with Crippen molar-refractivity contribution in [3.63, 3.8) is 0 Å². The van der Waals surface area contributed by atoms with Gasteiger partial charge in [-0.3, -0.25) is 4.79 Å². The molecule has 0 radical (unpaired) electrons. The number of fused-ring (bicyclic) bond motifs is 1. The molecule has 1 atom stereocenters. The zero-order valence-corrected chi connectivity index (χ0v) is 8.99.